The summed E-state index contributed by atoms with van der Waals surface area (Å²) < 4.78 is 29.5. The number of rotatable bonds is 5. The topological polar surface area (TPSA) is 33.1 Å². The Morgan fingerprint density at radius 1 is 1.16 bits per heavy atom. The molecule has 0 bridgehead atoms. The van der Waals surface area contributed by atoms with Gasteiger partial charge >= 0.3 is 0 Å². The van der Waals surface area contributed by atoms with E-state index in [1.165, 1.54) is 12.1 Å². The van der Waals surface area contributed by atoms with Gasteiger partial charge in [0.2, 0.25) is 0 Å². The van der Waals surface area contributed by atoms with Crippen LogP contribution in [0.3, 0.4) is 0 Å². The molecule has 0 aliphatic carbocycles. The molecule has 0 spiro atoms. The van der Waals surface area contributed by atoms with Crippen LogP contribution in [-0.2, 0) is 6.54 Å². The highest BCUT2D eigenvalue weighted by atomic mass is 35.5. The van der Waals surface area contributed by atoms with Gasteiger partial charge in [-0.25, -0.2) is 13.8 Å². The van der Waals surface area contributed by atoms with Gasteiger partial charge in [-0.1, -0.05) is 35.9 Å². The summed E-state index contributed by atoms with van der Waals surface area (Å²) in [5, 5.41) is 3.74. The summed E-state index contributed by atoms with van der Waals surface area (Å²) >= 11 is 6.62. The predicted octanol–water partition coefficient (Wildman–Crippen LogP) is 4.56. The van der Waals surface area contributed by atoms with E-state index in [-0.39, 0.29) is 11.7 Å². The fourth-order valence-corrected chi connectivity index (χ4v) is 4.66. The van der Waals surface area contributed by atoms with Crippen molar-refractivity contribution >= 4 is 28.2 Å². The first-order valence-electron chi connectivity index (χ1n) is 10.4. The van der Waals surface area contributed by atoms with Crippen LogP contribution in [0.4, 0.5) is 8.78 Å². The summed E-state index contributed by atoms with van der Waals surface area (Å²) in [6, 6.07) is 12.6. The average molecular weight is 441 g/mol. The van der Waals surface area contributed by atoms with E-state index in [2.05, 4.69) is 27.3 Å². The molecule has 31 heavy (non-hydrogen) atoms. The van der Waals surface area contributed by atoms with Gasteiger partial charge in [0.1, 0.15) is 12.0 Å². The van der Waals surface area contributed by atoms with Gasteiger partial charge in [-0.3, -0.25) is 0 Å². The first kappa shape index (κ1) is 20.2. The largest absolute Gasteiger partial charge is 0.372 e. The van der Waals surface area contributed by atoms with Crippen LogP contribution < -0.4 is 5.32 Å². The van der Waals surface area contributed by atoms with Gasteiger partial charge in [0.25, 0.3) is 0 Å². The van der Waals surface area contributed by atoms with Crippen molar-refractivity contribution in [1.29, 1.82) is 0 Å². The van der Waals surface area contributed by atoms with E-state index in [0.717, 1.165) is 27.7 Å². The number of imidazole rings is 1. The lowest BCUT2D eigenvalue weighted by Gasteiger charge is -2.27. The molecule has 0 radical (unpaired) electrons. The molecule has 2 atom stereocenters. The average Bonchev–Trinajstić information content (AvgIpc) is 3.34. The third-order valence-electron chi connectivity index (χ3n) is 5.98. The Morgan fingerprint density at radius 2 is 2.06 bits per heavy atom. The summed E-state index contributed by atoms with van der Waals surface area (Å²) in [5.41, 5.74) is 4.68. The van der Waals surface area contributed by atoms with Crippen LogP contribution in [0.25, 0.3) is 16.6 Å². The number of aromatic nitrogens is 2. The Balaban J connectivity index is 1.37. The zero-order valence-corrected chi connectivity index (χ0v) is 17.7. The minimum atomic E-state index is -0.807. The molecular formula is C24H23ClF2N4. The van der Waals surface area contributed by atoms with E-state index in [4.69, 9.17) is 11.6 Å². The van der Waals surface area contributed by atoms with Crippen molar-refractivity contribution in [3.05, 3.63) is 83.0 Å². The van der Waals surface area contributed by atoms with Crippen LogP contribution in [0, 0.1) is 11.7 Å². The molecule has 2 aliphatic heterocycles. The fourth-order valence-electron chi connectivity index (χ4n) is 4.34. The van der Waals surface area contributed by atoms with Crippen molar-refractivity contribution in [2.75, 3.05) is 26.2 Å². The van der Waals surface area contributed by atoms with Crippen LogP contribution in [0.1, 0.15) is 11.1 Å². The van der Waals surface area contributed by atoms with Gasteiger partial charge in [-0.05, 0) is 41.0 Å². The Bertz CT molecular complexity index is 1170. The number of allylic oxidation sites excluding steroid dienone is 2. The first-order valence-corrected chi connectivity index (χ1v) is 10.8. The Kier molecular flexibility index (Phi) is 5.50. The van der Waals surface area contributed by atoms with E-state index in [9.17, 15) is 8.78 Å². The van der Waals surface area contributed by atoms with Crippen molar-refractivity contribution in [2.45, 2.75) is 12.7 Å². The second-order valence-electron chi connectivity index (χ2n) is 8.19. The van der Waals surface area contributed by atoms with Crippen LogP contribution >= 0.6 is 11.6 Å². The van der Waals surface area contributed by atoms with Crippen LogP contribution in [0.2, 0.25) is 0 Å². The molecule has 160 valence electrons. The molecule has 3 aromatic rings. The number of nitrogens with one attached hydrogen (secondary N) is 1. The van der Waals surface area contributed by atoms with Crippen molar-refractivity contribution in [2.24, 2.45) is 5.92 Å². The van der Waals surface area contributed by atoms with Gasteiger partial charge in [0, 0.05) is 44.8 Å². The molecule has 1 aromatic heterocycles. The number of nitrogens with zero attached hydrogens (tertiary/aromatic N) is 3. The Hall–Kier alpha value is -2.70. The molecule has 2 unspecified atom stereocenters. The SMILES string of the molecule is Fc1cccc(Cn2cnc3ccc(C4=CCN(CC5CNCC5F)C=C4Cl)cc32)c1. The third-order valence-corrected chi connectivity index (χ3v) is 6.28. The Labute approximate surface area is 184 Å². The second-order valence-corrected chi connectivity index (χ2v) is 8.60. The second kappa shape index (κ2) is 8.44. The van der Waals surface area contributed by atoms with Gasteiger partial charge in [-0.2, -0.15) is 0 Å². The standard InChI is InChI=1S/C24H23ClF2N4/c25-21-14-30(13-18-10-28-11-22(18)27)7-6-20(21)17-4-5-23-24(9-17)31(15-29-23)12-16-2-1-3-19(26)8-16/h1-6,8-9,14-15,18,22,28H,7,10-13H2. The maximum Gasteiger partial charge on any atom is 0.123 e. The summed E-state index contributed by atoms with van der Waals surface area (Å²) in [5.74, 6) is -0.256. The van der Waals surface area contributed by atoms with Gasteiger partial charge in [0.15, 0.2) is 0 Å². The molecule has 7 heteroatoms. The molecule has 1 N–H and O–H groups in total. The Morgan fingerprint density at radius 3 is 2.84 bits per heavy atom. The van der Waals surface area contributed by atoms with Crippen LogP contribution in [-0.4, -0.2) is 46.8 Å². The number of hydrogen-bond acceptors (Lipinski definition) is 3. The number of halogens is 3. The lowest BCUT2D eigenvalue weighted by atomic mass is 10.0. The highest BCUT2D eigenvalue weighted by Crippen LogP contribution is 2.32. The van der Waals surface area contributed by atoms with E-state index < -0.39 is 6.17 Å². The van der Waals surface area contributed by atoms with Crippen molar-refractivity contribution in [3.63, 3.8) is 0 Å². The number of benzene rings is 2. The minimum Gasteiger partial charge on any atom is -0.372 e. The summed E-state index contributed by atoms with van der Waals surface area (Å²) in [6.07, 6.45) is 4.97. The maximum atomic E-state index is 13.9. The molecule has 2 aliphatic rings. The zero-order valence-electron chi connectivity index (χ0n) is 16.9. The molecule has 3 heterocycles. The van der Waals surface area contributed by atoms with Crippen LogP contribution in [0.5, 0.6) is 0 Å². The minimum absolute atomic E-state index is 0.0100. The van der Waals surface area contributed by atoms with E-state index in [0.29, 0.717) is 37.8 Å². The molecule has 2 aromatic carbocycles. The monoisotopic (exact) mass is 440 g/mol. The molecular weight excluding hydrogens is 418 g/mol. The zero-order chi connectivity index (χ0) is 21.4. The van der Waals surface area contributed by atoms with E-state index in [1.54, 1.807) is 12.4 Å². The number of hydrogen-bond donors (Lipinski definition) is 1. The summed E-state index contributed by atoms with van der Waals surface area (Å²) in [7, 11) is 0. The smallest absolute Gasteiger partial charge is 0.123 e. The summed E-state index contributed by atoms with van der Waals surface area (Å²) in [6.45, 7) is 3.00. The van der Waals surface area contributed by atoms with Crippen molar-refractivity contribution in [1.82, 2.24) is 19.8 Å². The lowest BCUT2D eigenvalue weighted by Crippen LogP contribution is -2.31. The molecule has 0 saturated carbocycles. The third kappa shape index (κ3) is 4.23. The van der Waals surface area contributed by atoms with Crippen molar-refractivity contribution < 1.29 is 8.78 Å². The van der Waals surface area contributed by atoms with Gasteiger partial charge in [0.05, 0.1) is 22.4 Å². The number of alkyl halides is 1. The highest BCUT2D eigenvalue weighted by Gasteiger charge is 2.28. The van der Waals surface area contributed by atoms with E-state index >= 15 is 0 Å². The number of fused-ring (bicyclic) bond motifs is 1. The lowest BCUT2D eigenvalue weighted by molar-refractivity contribution is 0.233. The predicted molar refractivity (Wildman–Crippen MR) is 120 cm³/mol. The maximum absolute atomic E-state index is 13.9. The van der Waals surface area contributed by atoms with Crippen LogP contribution in [0.15, 0.2) is 66.1 Å². The van der Waals surface area contributed by atoms with Crippen molar-refractivity contribution in [3.8, 4) is 0 Å². The molecule has 4 nitrogen and oxygen atoms in total. The normalized spacial score (nSPS) is 21.5. The quantitative estimate of drug-likeness (QED) is 0.631. The molecule has 5 rings (SSSR count). The first-order chi connectivity index (χ1) is 15.1. The fraction of sp³-hybridized carbons (Fsp3) is 0.292. The molecule has 0 amide bonds. The highest BCUT2D eigenvalue weighted by molar-refractivity contribution is 6.37. The molecule has 1 saturated heterocycles. The summed E-state index contributed by atoms with van der Waals surface area (Å²) in [4.78, 5) is 6.54. The molecule has 1 fully saturated rings. The van der Waals surface area contributed by atoms with Gasteiger partial charge < -0.3 is 14.8 Å². The van der Waals surface area contributed by atoms with E-state index in [1.807, 2.05) is 29.0 Å². The van der Waals surface area contributed by atoms with Gasteiger partial charge in [-0.15, -0.1) is 0 Å².